The first kappa shape index (κ1) is 25.1. The Morgan fingerprint density at radius 2 is 1.79 bits per heavy atom. The average Bonchev–Trinajstić information content (AvgIpc) is 3.51. The molecule has 12 heteroatoms. The van der Waals surface area contributed by atoms with E-state index < -0.39 is 42.6 Å². The number of carbonyl (C=O) groups is 3. The number of amides is 3. The van der Waals surface area contributed by atoms with Gasteiger partial charge in [-0.3, -0.25) is 14.4 Å². The maximum Gasteiger partial charge on any atom is 0.573 e. The molecule has 1 aliphatic heterocycles. The van der Waals surface area contributed by atoms with E-state index in [0.717, 1.165) is 25.0 Å². The van der Waals surface area contributed by atoms with Crippen molar-refractivity contribution in [1.29, 1.82) is 5.26 Å². The van der Waals surface area contributed by atoms with Gasteiger partial charge in [0.2, 0.25) is 11.8 Å². The maximum absolute atomic E-state index is 12.8. The molecule has 3 rings (SSSR count). The lowest BCUT2D eigenvalue weighted by Gasteiger charge is -2.21. The summed E-state index contributed by atoms with van der Waals surface area (Å²) in [6, 6.07) is 4.80. The third-order valence-electron chi connectivity index (χ3n) is 5.50. The minimum absolute atomic E-state index is 0.146. The fourth-order valence-corrected chi connectivity index (χ4v) is 3.61. The molecule has 0 radical (unpaired) electrons. The van der Waals surface area contributed by atoms with Gasteiger partial charge in [-0.25, -0.2) is 0 Å². The van der Waals surface area contributed by atoms with Crippen molar-refractivity contribution in [3.8, 4) is 17.6 Å². The van der Waals surface area contributed by atoms with Gasteiger partial charge in [0.05, 0.1) is 6.07 Å². The summed E-state index contributed by atoms with van der Waals surface area (Å²) in [6.07, 6.45) is -1.75. The summed E-state index contributed by atoms with van der Waals surface area (Å²) >= 11 is 0. The van der Waals surface area contributed by atoms with Gasteiger partial charge >= 0.3 is 6.36 Å². The normalized spacial score (nSPS) is 19.4. The quantitative estimate of drug-likeness (QED) is 0.441. The Morgan fingerprint density at radius 1 is 1.12 bits per heavy atom. The van der Waals surface area contributed by atoms with Crippen LogP contribution >= 0.6 is 0 Å². The lowest BCUT2D eigenvalue weighted by molar-refractivity contribution is -0.274. The number of ether oxygens (including phenoxy) is 2. The zero-order valence-corrected chi connectivity index (χ0v) is 18.2. The molecular weight excluding hydrogens is 457 g/mol. The second-order valence-electron chi connectivity index (χ2n) is 8.31. The fraction of sp³-hybridized carbons (Fsp3) is 0.545. The van der Waals surface area contributed by atoms with Gasteiger partial charge in [0.25, 0.3) is 5.91 Å². The first-order valence-electron chi connectivity index (χ1n) is 10.9. The second kappa shape index (κ2) is 11.1. The number of halogens is 3. The first-order valence-corrected chi connectivity index (χ1v) is 10.9. The van der Waals surface area contributed by atoms with Crippen molar-refractivity contribution in [2.75, 3.05) is 13.2 Å². The molecule has 3 N–H and O–H groups in total. The number of rotatable bonds is 11. The van der Waals surface area contributed by atoms with Crippen molar-refractivity contribution in [3.05, 3.63) is 24.3 Å². The van der Waals surface area contributed by atoms with E-state index in [2.05, 4.69) is 20.7 Å². The van der Waals surface area contributed by atoms with Gasteiger partial charge in [-0.1, -0.05) is 12.8 Å². The standard InChI is InChI=1S/C22H25F3N4O5/c23-22(24,25)34-17-5-3-16(4-6-17)33-12-19(30)29-18(9-13-1-2-13)21(32)28-15(11-26)10-14-7-8-27-20(14)31/h3-6,13-15,18H,1-2,7-10,12H2,(H,27,31)(H,28,32)(H,29,30)/t14-,15-,18-/m0/s1. The molecule has 0 spiro atoms. The molecule has 34 heavy (non-hydrogen) atoms. The predicted molar refractivity (Wildman–Crippen MR) is 111 cm³/mol. The van der Waals surface area contributed by atoms with E-state index in [0.29, 0.717) is 25.3 Å². The van der Waals surface area contributed by atoms with Crippen molar-refractivity contribution in [3.63, 3.8) is 0 Å². The summed E-state index contributed by atoms with van der Waals surface area (Å²) in [5, 5.41) is 17.3. The van der Waals surface area contributed by atoms with Crippen LogP contribution in [0.1, 0.15) is 32.1 Å². The van der Waals surface area contributed by atoms with Gasteiger partial charge in [0, 0.05) is 12.5 Å². The molecule has 1 saturated carbocycles. The van der Waals surface area contributed by atoms with Crippen molar-refractivity contribution < 1.29 is 37.0 Å². The monoisotopic (exact) mass is 482 g/mol. The summed E-state index contributed by atoms with van der Waals surface area (Å²) in [5.74, 6) is -1.59. The largest absolute Gasteiger partial charge is 0.573 e. The fourth-order valence-electron chi connectivity index (χ4n) is 3.61. The number of alkyl halides is 3. The highest BCUT2D eigenvalue weighted by atomic mass is 19.4. The molecule has 1 aromatic carbocycles. The molecular formula is C22H25F3N4O5. The minimum Gasteiger partial charge on any atom is -0.484 e. The van der Waals surface area contributed by atoms with Crippen LogP contribution in [0.15, 0.2) is 24.3 Å². The summed E-state index contributed by atoms with van der Waals surface area (Å²) in [6.45, 7) is 0.0753. The predicted octanol–water partition coefficient (Wildman–Crippen LogP) is 1.78. The van der Waals surface area contributed by atoms with E-state index in [4.69, 9.17) is 4.74 Å². The highest BCUT2D eigenvalue weighted by molar-refractivity contribution is 5.88. The van der Waals surface area contributed by atoms with Crippen molar-refractivity contribution in [2.24, 2.45) is 11.8 Å². The lowest BCUT2D eigenvalue weighted by Crippen LogP contribution is -2.51. The zero-order valence-electron chi connectivity index (χ0n) is 18.2. The second-order valence-corrected chi connectivity index (χ2v) is 8.31. The highest BCUT2D eigenvalue weighted by Gasteiger charge is 2.33. The molecule has 0 bridgehead atoms. The smallest absolute Gasteiger partial charge is 0.484 e. The molecule has 0 aromatic heterocycles. The Morgan fingerprint density at radius 3 is 2.35 bits per heavy atom. The number of hydrogen-bond acceptors (Lipinski definition) is 6. The van der Waals surface area contributed by atoms with Crippen LogP contribution in [0.2, 0.25) is 0 Å². The topological polar surface area (TPSA) is 130 Å². The Balaban J connectivity index is 1.50. The van der Waals surface area contributed by atoms with Crippen molar-refractivity contribution in [2.45, 2.75) is 50.6 Å². The Hall–Kier alpha value is -3.49. The number of benzene rings is 1. The Bertz CT molecular complexity index is 928. The Kier molecular flexibility index (Phi) is 8.20. The van der Waals surface area contributed by atoms with Crippen molar-refractivity contribution in [1.82, 2.24) is 16.0 Å². The van der Waals surface area contributed by atoms with Gasteiger partial charge in [-0.15, -0.1) is 13.2 Å². The molecule has 2 aliphatic rings. The van der Waals surface area contributed by atoms with Gasteiger partial charge in [0.15, 0.2) is 6.61 Å². The molecule has 1 heterocycles. The van der Waals surface area contributed by atoms with Gasteiger partial charge < -0.3 is 25.4 Å². The zero-order chi connectivity index (χ0) is 24.7. The van der Waals surface area contributed by atoms with Crippen LogP contribution in [-0.2, 0) is 14.4 Å². The molecule has 0 unspecified atom stereocenters. The van der Waals surface area contributed by atoms with Crippen LogP contribution in [0.4, 0.5) is 13.2 Å². The molecule has 3 amide bonds. The van der Waals surface area contributed by atoms with Crippen LogP contribution < -0.4 is 25.4 Å². The van der Waals surface area contributed by atoms with Gasteiger partial charge in [0.1, 0.15) is 23.6 Å². The van der Waals surface area contributed by atoms with Gasteiger partial charge in [-0.2, -0.15) is 5.26 Å². The number of nitrogens with zero attached hydrogens (tertiary/aromatic N) is 1. The van der Waals surface area contributed by atoms with E-state index in [9.17, 15) is 32.8 Å². The van der Waals surface area contributed by atoms with Gasteiger partial charge in [-0.05, 0) is 49.4 Å². The van der Waals surface area contributed by atoms with E-state index in [-0.39, 0.29) is 24.0 Å². The van der Waals surface area contributed by atoms with Crippen molar-refractivity contribution >= 4 is 17.7 Å². The summed E-state index contributed by atoms with van der Waals surface area (Å²) in [7, 11) is 0. The first-order chi connectivity index (χ1) is 16.1. The molecule has 9 nitrogen and oxygen atoms in total. The lowest BCUT2D eigenvalue weighted by atomic mass is 9.98. The van der Waals surface area contributed by atoms with Crippen LogP contribution in [0.3, 0.4) is 0 Å². The van der Waals surface area contributed by atoms with Crippen LogP contribution in [0, 0.1) is 23.2 Å². The molecule has 1 aliphatic carbocycles. The molecule has 1 aromatic rings. The van der Waals surface area contributed by atoms with E-state index in [1.165, 1.54) is 12.1 Å². The molecule has 1 saturated heterocycles. The van der Waals surface area contributed by atoms with Crippen LogP contribution in [0.25, 0.3) is 0 Å². The summed E-state index contributed by atoms with van der Waals surface area (Å²) < 4.78 is 45.7. The molecule has 184 valence electrons. The van der Waals surface area contributed by atoms with E-state index in [1.54, 1.807) is 0 Å². The summed E-state index contributed by atoms with van der Waals surface area (Å²) in [4.78, 5) is 36.9. The maximum atomic E-state index is 12.8. The van der Waals surface area contributed by atoms with E-state index in [1.807, 2.05) is 6.07 Å². The number of nitriles is 1. The van der Waals surface area contributed by atoms with E-state index >= 15 is 0 Å². The number of nitrogens with one attached hydrogen (secondary N) is 3. The third kappa shape index (κ3) is 8.13. The van der Waals surface area contributed by atoms with Crippen LogP contribution in [0.5, 0.6) is 11.5 Å². The number of hydrogen-bond donors (Lipinski definition) is 3. The number of carbonyl (C=O) groups excluding carboxylic acids is 3. The highest BCUT2D eigenvalue weighted by Crippen LogP contribution is 2.33. The molecule has 2 fully saturated rings. The average molecular weight is 482 g/mol. The SMILES string of the molecule is N#C[C@H](C[C@@H]1CCNC1=O)NC(=O)[C@H](CC1CC1)NC(=O)COc1ccc(OC(F)(F)F)cc1. The molecule has 3 atom stereocenters. The third-order valence-corrected chi connectivity index (χ3v) is 5.50. The summed E-state index contributed by atoms with van der Waals surface area (Å²) in [5.41, 5.74) is 0. The van der Waals surface area contributed by atoms with Crippen LogP contribution in [-0.4, -0.2) is 49.3 Å². The minimum atomic E-state index is -4.81. The Labute approximate surface area is 194 Å².